The first-order chi connectivity index (χ1) is 14.2. The first-order valence-electron chi connectivity index (χ1n) is 9.96. The van der Waals surface area contributed by atoms with Crippen LogP contribution in [0.5, 0.6) is 0 Å². The minimum absolute atomic E-state index is 0.178. The minimum atomic E-state index is -0.649. The summed E-state index contributed by atoms with van der Waals surface area (Å²) >= 11 is 0. The van der Waals surface area contributed by atoms with Gasteiger partial charge in [0, 0.05) is 32.9 Å². The molecule has 3 amide bonds. The van der Waals surface area contributed by atoms with E-state index in [9.17, 15) is 14.4 Å². The van der Waals surface area contributed by atoms with E-state index in [4.69, 9.17) is 4.74 Å². The zero-order valence-electron chi connectivity index (χ0n) is 18.3. The summed E-state index contributed by atoms with van der Waals surface area (Å²) in [7, 11) is 1.70. The van der Waals surface area contributed by atoms with Crippen molar-refractivity contribution in [1.29, 1.82) is 0 Å². The first kappa shape index (κ1) is 24.9. The highest BCUT2D eigenvalue weighted by Crippen LogP contribution is 2.13. The molecule has 0 aliphatic rings. The number of nitrogens with zero attached hydrogens (tertiary/aromatic N) is 2. The van der Waals surface area contributed by atoms with Gasteiger partial charge in [-0.25, -0.2) is 9.78 Å². The van der Waals surface area contributed by atoms with Crippen molar-refractivity contribution in [1.82, 2.24) is 25.9 Å². The highest BCUT2D eigenvalue weighted by Gasteiger charge is 2.17. The van der Waals surface area contributed by atoms with Crippen LogP contribution in [0.15, 0.2) is 6.20 Å². The van der Waals surface area contributed by atoms with Gasteiger partial charge in [-0.15, -0.1) is 0 Å². The van der Waals surface area contributed by atoms with Crippen molar-refractivity contribution < 1.29 is 19.1 Å². The van der Waals surface area contributed by atoms with E-state index in [1.165, 1.54) is 6.20 Å². The van der Waals surface area contributed by atoms with Gasteiger partial charge < -0.3 is 31.3 Å². The Balaban J connectivity index is 2.35. The van der Waals surface area contributed by atoms with E-state index in [-0.39, 0.29) is 18.4 Å². The maximum atomic E-state index is 12.4. The van der Waals surface area contributed by atoms with E-state index >= 15 is 0 Å². The predicted molar refractivity (Wildman–Crippen MR) is 115 cm³/mol. The number of carbonyl (C=O) groups excluding carboxylic acids is 3. The number of carbonyl (C=O) groups is 3. The molecule has 11 nitrogen and oxygen atoms in total. The van der Waals surface area contributed by atoms with Gasteiger partial charge in [0.05, 0.1) is 6.54 Å². The summed E-state index contributed by atoms with van der Waals surface area (Å²) in [6.07, 6.45) is 2.24. The van der Waals surface area contributed by atoms with E-state index < -0.39 is 11.7 Å². The fourth-order valence-electron chi connectivity index (χ4n) is 2.19. The topological polar surface area (TPSA) is 146 Å². The standard InChI is InChI=1S/C19H33N7O4/c1-6-8-22-15-13(11-24-17(20-5)26-15)16(28)23-10-7-9-21-14(27)12-25-18(29)30-19(2,3)4/h11H,6-10,12H2,1-5H3,(H,21,27)(H,23,28)(H,25,29)(H2,20,22,24,26). The molecule has 0 aliphatic heterocycles. The molecule has 0 bridgehead atoms. The van der Waals surface area contributed by atoms with Crippen LogP contribution >= 0.6 is 0 Å². The molecule has 0 fully saturated rings. The lowest BCUT2D eigenvalue weighted by Crippen LogP contribution is -2.40. The molecule has 0 saturated carbocycles. The molecule has 30 heavy (non-hydrogen) atoms. The molecule has 0 unspecified atom stereocenters. The van der Waals surface area contributed by atoms with Gasteiger partial charge in [-0.05, 0) is 33.6 Å². The Hall–Kier alpha value is -3.11. The SMILES string of the molecule is CCCNc1nc(NC)ncc1C(=O)NCCCNC(=O)CNC(=O)OC(C)(C)C. The number of rotatable bonds is 11. The first-order valence-corrected chi connectivity index (χ1v) is 9.96. The molecular formula is C19H33N7O4. The molecule has 1 rings (SSSR count). The molecule has 0 atom stereocenters. The molecule has 168 valence electrons. The molecule has 0 aliphatic carbocycles. The molecule has 0 radical (unpaired) electrons. The maximum Gasteiger partial charge on any atom is 0.408 e. The number of alkyl carbamates (subject to hydrolysis) is 1. The Morgan fingerprint density at radius 3 is 2.40 bits per heavy atom. The lowest BCUT2D eigenvalue weighted by atomic mass is 10.2. The molecule has 0 aromatic carbocycles. The van der Waals surface area contributed by atoms with Crippen molar-refractivity contribution in [2.45, 2.75) is 46.1 Å². The Bertz CT molecular complexity index is 719. The number of ether oxygens (including phenoxy) is 1. The summed E-state index contributed by atoms with van der Waals surface area (Å²) in [5, 5.41) is 13.8. The van der Waals surface area contributed by atoms with Crippen LogP contribution in [0.2, 0.25) is 0 Å². The Kier molecular flexibility index (Phi) is 10.3. The second-order valence-corrected chi connectivity index (χ2v) is 7.45. The van der Waals surface area contributed by atoms with Gasteiger partial charge >= 0.3 is 6.09 Å². The van der Waals surface area contributed by atoms with Gasteiger partial charge in [0.25, 0.3) is 5.91 Å². The second-order valence-electron chi connectivity index (χ2n) is 7.45. The summed E-state index contributed by atoms with van der Waals surface area (Å²) in [6.45, 7) is 8.46. The smallest absolute Gasteiger partial charge is 0.408 e. The van der Waals surface area contributed by atoms with E-state index in [2.05, 4.69) is 36.6 Å². The summed E-state index contributed by atoms with van der Waals surface area (Å²) in [4.78, 5) is 44.0. The van der Waals surface area contributed by atoms with Crippen molar-refractivity contribution in [3.8, 4) is 0 Å². The number of hydrogen-bond donors (Lipinski definition) is 5. The Morgan fingerprint density at radius 1 is 1.07 bits per heavy atom. The van der Waals surface area contributed by atoms with Crippen LogP contribution in [0.25, 0.3) is 0 Å². The largest absolute Gasteiger partial charge is 0.444 e. The van der Waals surface area contributed by atoms with Crippen LogP contribution in [-0.4, -0.2) is 66.7 Å². The van der Waals surface area contributed by atoms with Gasteiger partial charge in [-0.1, -0.05) is 6.92 Å². The van der Waals surface area contributed by atoms with Crippen LogP contribution in [0, 0.1) is 0 Å². The van der Waals surface area contributed by atoms with Crippen molar-refractivity contribution in [3.05, 3.63) is 11.8 Å². The third kappa shape index (κ3) is 9.89. The molecular weight excluding hydrogens is 390 g/mol. The number of hydrogen-bond acceptors (Lipinski definition) is 8. The van der Waals surface area contributed by atoms with Crippen molar-refractivity contribution >= 4 is 29.7 Å². The number of aromatic nitrogens is 2. The zero-order valence-corrected chi connectivity index (χ0v) is 18.3. The molecule has 11 heteroatoms. The summed E-state index contributed by atoms with van der Waals surface area (Å²) < 4.78 is 5.05. The Labute approximate surface area is 177 Å². The third-order valence-corrected chi connectivity index (χ3v) is 3.55. The summed E-state index contributed by atoms with van der Waals surface area (Å²) in [5.41, 5.74) is -0.267. The average Bonchev–Trinajstić information content (AvgIpc) is 2.68. The normalized spacial score (nSPS) is 10.7. The highest BCUT2D eigenvalue weighted by molar-refractivity contribution is 5.98. The van der Waals surface area contributed by atoms with Crippen LogP contribution in [0.3, 0.4) is 0 Å². The molecule has 0 spiro atoms. The molecule has 0 saturated heterocycles. The zero-order chi connectivity index (χ0) is 22.6. The quantitative estimate of drug-likeness (QED) is 0.333. The summed E-state index contributed by atoms with van der Waals surface area (Å²) in [5.74, 6) is 0.256. The van der Waals surface area contributed by atoms with Gasteiger partial charge in [0.1, 0.15) is 17.0 Å². The molecule has 1 aromatic rings. The maximum absolute atomic E-state index is 12.4. The molecule has 1 aromatic heterocycles. The fourth-order valence-corrected chi connectivity index (χ4v) is 2.19. The number of anilines is 2. The van der Waals surface area contributed by atoms with Crippen LogP contribution in [-0.2, 0) is 9.53 Å². The van der Waals surface area contributed by atoms with E-state index in [0.717, 1.165) is 6.42 Å². The van der Waals surface area contributed by atoms with Crippen molar-refractivity contribution in [3.63, 3.8) is 0 Å². The number of amides is 3. The monoisotopic (exact) mass is 423 g/mol. The predicted octanol–water partition coefficient (Wildman–Crippen LogP) is 1.10. The van der Waals surface area contributed by atoms with Gasteiger partial charge in [0.15, 0.2) is 0 Å². The van der Waals surface area contributed by atoms with Crippen LogP contribution in [0.4, 0.5) is 16.6 Å². The van der Waals surface area contributed by atoms with Crippen molar-refractivity contribution in [2.75, 3.05) is 43.9 Å². The van der Waals surface area contributed by atoms with Gasteiger partial charge in [0.2, 0.25) is 11.9 Å². The number of nitrogens with one attached hydrogen (secondary N) is 5. The van der Waals surface area contributed by atoms with E-state index in [1.807, 2.05) is 6.92 Å². The Morgan fingerprint density at radius 2 is 1.77 bits per heavy atom. The molecule has 5 N–H and O–H groups in total. The van der Waals surface area contributed by atoms with E-state index in [0.29, 0.717) is 43.4 Å². The highest BCUT2D eigenvalue weighted by atomic mass is 16.6. The minimum Gasteiger partial charge on any atom is -0.444 e. The third-order valence-electron chi connectivity index (χ3n) is 3.55. The van der Waals surface area contributed by atoms with E-state index in [1.54, 1.807) is 27.8 Å². The molecule has 1 heterocycles. The second kappa shape index (κ2) is 12.5. The fraction of sp³-hybridized carbons (Fsp3) is 0.632. The average molecular weight is 424 g/mol. The lowest BCUT2D eigenvalue weighted by molar-refractivity contribution is -0.120. The van der Waals surface area contributed by atoms with Crippen molar-refractivity contribution in [2.24, 2.45) is 0 Å². The van der Waals surface area contributed by atoms with Gasteiger partial charge in [-0.3, -0.25) is 9.59 Å². The van der Waals surface area contributed by atoms with Gasteiger partial charge in [-0.2, -0.15) is 4.98 Å². The van der Waals surface area contributed by atoms with Crippen LogP contribution in [0.1, 0.15) is 50.9 Å². The lowest BCUT2D eigenvalue weighted by Gasteiger charge is -2.19. The van der Waals surface area contributed by atoms with Crippen LogP contribution < -0.4 is 26.6 Å². The summed E-state index contributed by atoms with van der Waals surface area (Å²) in [6, 6.07) is 0.